The van der Waals surface area contributed by atoms with Crippen LogP contribution in [0.25, 0.3) is 0 Å². The molecule has 0 bridgehead atoms. The number of aryl methyl sites for hydroxylation is 1. The maximum atomic E-state index is 12.8. The van der Waals surface area contributed by atoms with Gasteiger partial charge >= 0.3 is 5.97 Å². The van der Waals surface area contributed by atoms with Gasteiger partial charge in [0.05, 0.1) is 13.3 Å². The average molecular weight is 449 g/mol. The number of esters is 1. The number of methoxy groups -OCH3 is 1. The fourth-order valence-electron chi connectivity index (χ4n) is 4.39. The summed E-state index contributed by atoms with van der Waals surface area (Å²) in [5, 5.41) is 9.63. The third-order valence-corrected chi connectivity index (χ3v) is 6.50. The van der Waals surface area contributed by atoms with Crippen molar-refractivity contribution < 1.29 is 14.3 Å². The lowest BCUT2D eigenvalue weighted by Crippen LogP contribution is -2.41. The summed E-state index contributed by atoms with van der Waals surface area (Å²) in [5.41, 5.74) is 4.84. The van der Waals surface area contributed by atoms with Crippen LogP contribution in [0, 0.1) is 5.92 Å². The Morgan fingerprint density at radius 2 is 1.85 bits per heavy atom. The summed E-state index contributed by atoms with van der Waals surface area (Å²) in [6.07, 6.45) is 5.05. The molecule has 1 amide bonds. The number of hydrazone groups is 1. The van der Waals surface area contributed by atoms with Crippen molar-refractivity contribution in [3.63, 3.8) is 0 Å². The zero-order valence-corrected chi connectivity index (χ0v) is 19.4. The molecule has 0 radical (unpaired) electrons. The van der Waals surface area contributed by atoms with Crippen molar-refractivity contribution in [2.75, 3.05) is 45.7 Å². The van der Waals surface area contributed by atoms with Crippen LogP contribution in [0.5, 0.6) is 0 Å². The van der Waals surface area contributed by atoms with Crippen LogP contribution >= 0.6 is 0 Å². The van der Waals surface area contributed by atoms with Crippen molar-refractivity contribution in [2.45, 2.75) is 25.7 Å². The highest BCUT2D eigenvalue weighted by molar-refractivity contribution is 6.04. The Morgan fingerprint density at radius 3 is 2.58 bits per heavy atom. The van der Waals surface area contributed by atoms with Crippen molar-refractivity contribution in [1.82, 2.24) is 9.91 Å². The summed E-state index contributed by atoms with van der Waals surface area (Å²) in [5.74, 6) is -0.0136. The number of fused-ring (bicyclic) bond motifs is 1. The van der Waals surface area contributed by atoms with Gasteiger partial charge in [0.2, 0.25) is 0 Å². The lowest BCUT2D eigenvalue weighted by molar-refractivity contribution is -0.141. The molecule has 2 aromatic rings. The molecule has 4 rings (SSSR count). The molecule has 7 heteroatoms. The van der Waals surface area contributed by atoms with E-state index in [2.05, 4.69) is 33.4 Å². The molecule has 2 aromatic carbocycles. The summed E-state index contributed by atoms with van der Waals surface area (Å²) in [4.78, 5) is 26.7. The molecule has 1 fully saturated rings. The number of piperazine rings is 1. The summed E-state index contributed by atoms with van der Waals surface area (Å²) >= 11 is 0. The van der Waals surface area contributed by atoms with Gasteiger partial charge in [0.1, 0.15) is 0 Å². The van der Waals surface area contributed by atoms with Crippen LogP contribution in [-0.2, 0) is 22.4 Å². The lowest BCUT2D eigenvalue weighted by atomic mass is 9.82. The number of hydrogen-bond donors (Lipinski definition) is 1. The van der Waals surface area contributed by atoms with E-state index in [0.717, 1.165) is 56.7 Å². The molecular weight excluding hydrogens is 416 g/mol. The molecule has 1 aliphatic heterocycles. The SMILES string of the molecule is COC(=O)CC1CCc2ccc(NC(=O)c3ccc(C=NN4CCN(C)CC4)cc3)cc2C1. The van der Waals surface area contributed by atoms with Crippen LogP contribution in [0.2, 0.25) is 0 Å². The standard InChI is InChI=1S/C26H32N4O3/c1-29-11-13-30(14-12-29)27-18-19-3-7-22(8-4-19)26(32)28-24-10-9-21-6-5-20(15-23(21)17-24)16-25(31)33-2/h3-4,7-10,17-18,20H,5-6,11-16H2,1-2H3,(H,28,32). The van der Waals surface area contributed by atoms with E-state index in [-0.39, 0.29) is 17.8 Å². The average Bonchev–Trinajstić information content (AvgIpc) is 2.83. The second-order valence-electron chi connectivity index (χ2n) is 8.95. The van der Waals surface area contributed by atoms with E-state index in [1.807, 2.05) is 42.6 Å². The first-order valence-electron chi connectivity index (χ1n) is 11.6. The monoisotopic (exact) mass is 448 g/mol. The zero-order valence-electron chi connectivity index (χ0n) is 19.4. The first kappa shape index (κ1) is 23.0. The van der Waals surface area contributed by atoms with Crippen molar-refractivity contribution in [1.29, 1.82) is 0 Å². The van der Waals surface area contributed by atoms with Crippen molar-refractivity contribution in [2.24, 2.45) is 11.0 Å². The number of ether oxygens (including phenoxy) is 1. The second kappa shape index (κ2) is 10.6. The minimum atomic E-state index is -0.162. The number of hydrogen-bond acceptors (Lipinski definition) is 6. The third kappa shape index (κ3) is 6.20. The first-order chi connectivity index (χ1) is 16.0. The van der Waals surface area contributed by atoms with Gasteiger partial charge in [-0.2, -0.15) is 5.10 Å². The van der Waals surface area contributed by atoms with E-state index in [9.17, 15) is 9.59 Å². The molecule has 0 spiro atoms. The molecule has 7 nitrogen and oxygen atoms in total. The van der Waals surface area contributed by atoms with E-state index in [1.165, 1.54) is 18.2 Å². The van der Waals surface area contributed by atoms with Gasteiger partial charge in [-0.05, 0) is 73.2 Å². The first-order valence-corrected chi connectivity index (χ1v) is 11.6. The molecule has 2 aliphatic rings. The van der Waals surface area contributed by atoms with E-state index in [1.54, 1.807) is 0 Å². The Kier molecular flexibility index (Phi) is 7.40. The quantitative estimate of drug-likeness (QED) is 0.543. The zero-order chi connectivity index (χ0) is 23.2. The third-order valence-electron chi connectivity index (χ3n) is 6.50. The van der Waals surface area contributed by atoms with Crippen LogP contribution in [0.4, 0.5) is 5.69 Å². The summed E-state index contributed by atoms with van der Waals surface area (Å²) in [7, 11) is 3.55. The maximum absolute atomic E-state index is 12.8. The van der Waals surface area contributed by atoms with E-state index in [0.29, 0.717) is 12.0 Å². The van der Waals surface area contributed by atoms with Crippen LogP contribution in [-0.4, -0.2) is 68.3 Å². The molecular formula is C26H32N4O3. The summed E-state index contributed by atoms with van der Waals surface area (Å²) in [6.45, 7) is 3.89. The van der Waals surface area contributed by atoms with Crippen LogP contribution < -0.4 is 5.32 Å². The van der Waals surface area contributed by atoms with Crippen molar-refractivity contribution in [3.8, 4) is 0 Å². The van der Waals surface area contributed by atoms with Gasteiger partial charge in [-0.3, -0.25) is 14.6 Å². The fraction of sp³-hybridized carbons (Fsp3) is 0.423. The van der Waals surface area contributed by atoms with Crippen molar-refractivity contribution in [3.05, 3.63) is 64.7 Å². The highest BCUT2D eigenvalue weighted by atomic mass is 16.5. The van der Waals surface area contributed by atoms with Gasteiger partial charge in [-0.1, -0.05) is 18.2 Å². The summed E-state index contributed by atoms with van der Waals surface area (Å²) in [6, 6.07) is 13.5. The highest BCUT2D eigenvalue weighted by Gasteiger charge is 2.22. The van der Waals surface area contributed by atoms with E-state index < -0.39 is 0 Å². The number of amides is 1. The lowest BCUT2D eigenvalue weighted by Gasteiger charge is -2.30. The van der Waals surface area contributed by atoms with Gasteiger partial charge in [-0.25, -0.2) is 0 Å². The number of carbonyl (C=O) groups excluding carboxylic acids is 2. The number of rotatable bonds is 6. The van der Waals surface area contributed by atoms with Gasteiger partial charge in [0.25, 0.3) is 5.91 Å². The molecule has 1 N–H and O–H groups in total. The Labute approximate surface area is 195 Å². The molecule has 1 atom stereocenters. The molecule has 1 unspecified atom stereocenters. The van der Waals surface area contributed by atoms with E-state index >= 15 is 0 Å². The Balaban J connectivity index is 1.34. The van der Waals surface area contributed by atoms with Crippen LogP contribution in [0.1, 0.15) is 39.9 Å². The maximum Gasteiger partial charge on any atom is 0.305 e. The number of nitrogens with one attached hydrogen (secondary N) is 1. The topological polar surface area (TPSA) is 74.2 Å². The fourth-order valence-corrected chi connectivity index (χ4v) is 4.39. The smallest absolute Gasteiger partial charge is 0.305 e. The molecule has 1 aliphatic carbocycles. The molecule has 0 aromatic heterocycles. The number of likely N-dealkylation sites (N-methyl/N-ethyl adjacent to an activating group) is 1. The second-order valence-corrected chi connectivity index (χ2v) is 8.95. The van der Waals surface area contributed by atoms with Gasteiger partial charge in [-0.15, -0.1) is 0 Å². The molecule has 0 saturated carbocycles. The predicted octanol–water partition coefficient (Wildman–Crippen LogP) is 3.19. The van der Waals surface area contributed by atoms with Gasteiger partial charge in [0.15, 0.2) is 0 Å². The molecule has 1 saturated heterocycles. The Bertz CT molecular complexity index is 1010. The van der Waals surface area contributed by atoms with E-state index in [4.69, 9.17) is 4.74 Å². The van der Waals surface area contributed by atoms with Crippen molar-refractivity contribution >= 4 is 23.8 Å². The predicted molar refractivity (Wildman–Crippen MR) is 130 cm³/mol. The number of anilines is 1. The van der Waals surface area contributed by atoms with Crippen LogP contribution in [0.3, 0.4) is 0 Å². The Hall–Kier alpha value is -3.19. The normalized spacial score (nSPS) is 18.7. The summed E-state index contributed by atoms with van der Waals surface area (Å²) < 4.78 is 4.82. The number of benzene rings is 2. The molecule has 174 valence electrons. The largest absolute Gasteiger partial charge is 0.469 e. The minimum absolute atomic E-state index is 0.139. The van der Waals surface area contributed by atoms with Crippen LogP contribution in [0.15, 0.2) is 47.6 Å². The molecule has 33 heavy (non-hydrogen) atoms. The minimum Gasteiger partial charge on any atom is -0.469 e. The van der Waals surface area contributed by atoms with Gasteiger partial charge in [0, 0.05) is 43.9 Å². The van der Waals surface area contributed by atoms with Gasteiger partial charge < -0.3 is 15.0 Å². The highest BCUT2D eigenvalue weighted by Crippen LogP contribution is 2.30. The number of carbonyl (C=O) groups is 2. The molecule has 1 heterocycles. The number of nitrogens with zero attached hydrogens (tertiary/aromatic N) is 3. The Morgan fingerprint density at radius 1 is 1.09 bits per heavy atom.